The van der Waals surface area contributed by atoms with Gasteiger partial charge in [-0.15, -0.1) is 11.3 Å². The smallest absolute Gasteiger partial charge is 0.224 e. The highest BCUT2D eigenvalue weighted by Crippen LogP contribution is 2.23. The molecule has 0 aromatic carbocycles. The quantitative estimate of drug-likeness (QED) is 0.792. The highest BCUT2D eigenvalue weighted by molar-refractivity contribution is 9.10. The number of rotatable bonds is 7. The van der Waals surface area contributed by atoms with Gasteiger partial charge in [-0.3, -0.25) is 0 Å². The Kier molecular flexibility index (Phi) is 5.72. The largest absolute Gasteiger partial charge is 0.368 e. The van der Waals surface area contributed by atoms with Gasteiger partial charge in [0.05, 0.1) is 9.48 Å². The van der Waals surface area contributed by atoms with E-state index in [0.29, 0.717) is 11.9 Å². The molecule has 2 aromatic rings. The van der Waals surface area contributed by atoms with Crippen LogP contribution in [0.5, 0.6) is 0 Å². The molecule has 2 N–H and O–H groups in total. The maximum atomic E-state index is 4.47. The van der Waals surface area contributed by atoms with E-state index in [0.717, 1.165) is 34.8 Å². The van der Waals surface area contributed by atoms with Crippen molar-refractivity contribution in [3.63, 3.8) is 0 Å². The number of nitrogens with zero attached hydrogens (tertiary/aromatic N) is 3. The van der Waals surface area contributed by atoms with Gasteiger partial charge in [0.15, 0.2) is 0 Å². The molecule has 0 bridgehead atoms. The number of hydrogen-bond donors (Lipinski definition) is 2. The van der Waals surface area contributed by atoms with Gasteiger partial charge in [-0.05, 0) is 22.4 Å². The van der Waals surface area contributed by atoms with Gasteiger partial charge < -0.3 is 10.6 Å². The number of nitrogens with one attached hydrogen (secondary N) is 2. The Balaban J connectivity index is 1.97. The van der Waals surface area contributed by atoms with Crippen molar-refractivity contribution in [1.82, 2.24) is 15.0 Å². The van der Waals surface area contributed by atoms with Crippen LogP contribution < -0.4 is 10.6 Å². The molecule has 0 saturated carbocycles. The van der Waals surface area contributed by atoms with E-state index in [1.54, 1.807) is 17.5 Å². The second-order valence-corrected chi connectivity index (χ2v) is 6.25. The molecule has 1 atom stereocenters. The highest BCUT2D eigenvalue weighted by Gasteiger charge is 2.10. The molecule has 0 aliphatic carbocycles. The van der Waals surface area contributed by atoms with Gasteiger partial charge >= 0.3 is 0 Å². The third-order valence-electron chi connectivity index (χ3n) is 2.73. The van der Waals surface area contributed by atoms with Crippen LogP contribution in [0, 0.1) is 0 Å². The Bertz CT molecular complexity index is 532. The van der Waals surface area contributed by atoms with E-state index < -0.39 is 0 Å². The first-order valence-electron chi connectivity index (χ1n) is 6.60. The molecular formula is C13H18BrN5S. The molecule has 108 valence electrons. The molecule has 0 saturated heterocycles. The minimum absolute atomic E-state index is 0.351. The topological polar surface area (TPSA) is 62.7 Å². The second-order valence-electron chi connectivity index (χ2n) is 4.47. The Morgan fingerprint density at radius 2 is 2.20 bits per heavy atom. The molecule has 0 fully saturated rings. The summed E-state index contributed by atoms with van der Waals surface area (Å²) in [4.78, 5) is 13.0. The van der Waals surface area contributed by atoms with Gasteiger partial charge in [-0.2, -0.15) is 4.98 Å². The van der Waals surface area contributed by atoms with Crippen LogP contribution in [0.3, 0.4) is 0 Å². The van der Waals surface area contributed by atoms with Crippen LogP contribution >= 0.6 is 27.3 Å². The predicted octanol–water partition coefficient (Wildman–Crippen LogP) is 3.73. The lowest BCUT2D eigenvalue weighted by Crippen LogP contribution is -2.13. The molecule has 1 unspecified atom stereocenters. The molecule has 20 heavy (non-hydrogen) atoms. The Morgan fingerprint density at radius 1 is 1.35 bits per heavy atom. The molecule has 2 aromatic heterocycles. The lowest BCUT2D eigenvalue weighted by Gasteiger charge is -2.12. The van der Waals surface area contributed by atoms with Gasteiger partial charge in [0.25, 0.3) is 0 Å². The molecule has 0 radical (unpaired) electrons. The molecule has 0 aliphatic heterocycles. The summed E-state index contributed by atoms with van der Waals surface area (Å²) >= 11 is 5.15. The van der Waals surface area contributed by atoms with E-state index in [9.17, 15) is 0 Å². The number of hydrogen-bond acceptors (Lipinski definition) is 6. The fourth-order valence-electron chi connectivity index (χ4n) is 1.63. The summed E-state index contributed by atoms with van der Waals surface area (Å²) in [7, 11) is 0. The van der Waals surface area contributed by atoms with Crippen molar-refractivity contribution in [2.24, 2.45) is 0 Å². The van der Waals surface area contributed by atoms with E-state index in [1.807, 2.05) is 11.6 Å². The Labute approximate surface area is 131 Å². The number of halogens is 1. The summed E-state index contributed by atoms with van der Waals surface area (Å²) in [6.45, 7) is 5.92. The van der Waals surface area contributed by atoms with Crippen LogP contribution in [0.25, 0.3) is 0 Å². The number of aromatic nitrogens is 3. The second kappa shape index (κ2) is 7.54. The minimum Gasteiger partial charge on any atom is -0.368 e. The van der Waals surface area contributed by atoms with Crippen molar-refractivity contribution in [2.75, 3.05) is 23.7 Å². The maximum absolute atomic E-state index is 4.47. The normalized spacial score (nSPS) is 12.2. The average molecular weight is 356 g/mol. The number of thiazole rings is 1. The molecule has 0 amide bonds. The minimum atomic E-state index is 0.351. The average Bonchev–Trinajstić information content (AvgIpc) is 2.99. The van der Waals surface area contributed by atoms with Crippen LogP contribution in [0.4, 0.5) is 11.8 Å². The van der Waals surface area contributed by atoms with Crippen molar-refractivity contribution < 1.29 is 0 Å². The molecule has 7 heteroatoms. The summed E-state index contributed by atoms with van der Waals surface area (Å²) in [5.41, 5.74) is 0. The van der Waals surface area contributed by atoms with Crippen molar-refractivity contribution in [3.8, 4) is 0 Å². The van der Waals surface area contributed by atoms with E-state index >= 15 is 0 Å². The summed E-state index contributed by atoms with van der Waals surface area (Å²) in [5, 5.41) is 9.66. The summed E-state index contributed by atoms with van der Waals surface area (Å²) < 4.78 is 0.867. The van der Waals surface area contributed by atoms with Crippen LogP contribution in [0.2, 0.25) is 0 Å². The van der Waals surface area contributed by atoms with Crippen molar-refractivity contribution >= 4 is 39.0 Å². The maximum Gasteiger partial charge on any atom is 0.224 e. The molecule has 5 nitrogen and oxygen atoms in total. The van der Waals surface area contributed by atoms with E-state index in [4.69, 9.17) is 0 Å². The first kappa shape index (κ1) is 15.2. The fourth-order valence-corrected chi connectivity index (χ4v) is 2.66. The van der Waals surface area contributed by atoms with Gasteiger partial charge in [-0.1, -0.05) is 13.8 Å². The molecule has 2 rings (SSSR count). The highest BCUT2D eigenvalue weighted by atomic mass is 79.9. The third kappa shape index (κ3) is 4.14. The van der Waals surface area contributed by atoms with Crippen molar-refractivity contribution in [1.29, 1.82) is 0 Å². The van der Waals surface area contributed by atoms with Crippen LogP contribution in [0.15, 0.2) is 22.2 Å². The molecule has 0 aliphatic rings. The number of anilines is 2. The van der Waals surface area contributed by atoms with E-state index in [-0.39, 0.29) is 0 Å². The standard InChI is InChI=1S/C13H18BrN5S/c1-3-4-16-13-18-8-10(14)11(19-13)17-7-9(2)12-15-5-6-20-12/h5-6,8-9H,3-4,7H2,1-2H3,(H2,16,17,18,19). The van der Waals surface area contributed by atoms with Crippen LogP contribution in [-0.2, 0) is 0 Å². The fraction of sp³-hybridized carbons (Fsp3) is 0.462. The third-order valence-corrected chi connectivity index (χ3v) is 4.31. The lowest BCUT2D eigenvalue weighted by molar-refractivity contribution is 0.790. The first-order chi connectivity index (χ1) is 9.70. The van der Waals surface area contributed by atoms with Gasteiger partial charge in [0.1, 0.15) is 5.82 Å². The lowest BCUT2D eigenvalue weighted by atomic mass is 10.2. The summed E-state index contributed by atoms with van der Waals surface area (Å²) in [6.07, 6.45) is 4.65. The summed E-state index contributed by atoms with van der Waals surface area (Å²) in [6, 6.07) is 0. The Hall–Kier alpha value is -1.21. The first-order valence-corrected chi connectivity index (χ1v) is 8.27. The van der Waals surface area contributed by atoms with Gasteiger partial charge in [0, 0.05) is 36.8 Å². The van der Waals surface area contributed by atoms with E-state index in [1.165, 1.54) is 0 Å². The zero-order valence-electron chi connectivity index (χ0n) is 11.6. The van der Waals surface area contributed by atoms with E-state index in [2.05, 4.69) is 55.4 Å². The van der Waals surface area contributed by atoms with Crippen molar-refractivity contribution in [2.45, 2.75) is 26.2 Å². The van der Waals surface area contributed by atoms with Gasteiger partial charge in [0.2, 0.25) is 5.95 Å². The van der Waals surface area contributed by atoms with Crippen LogP contribution in [0.1, 0.15) is 31.2 Å². The van der Waals surface area contributed by atoms with Crippen molar-refractivity contribution in [3.05, 3.63) is 27.3 Å². The summed E-state index contributed by atoms with van der Waals surface area (Å²) in [5.74, 6) is 1.81. The zero-order valence-corrected chi connectivity index (χ0v) is 14.0. The molecule has 2 heterocycles. The SMILES string of the molecule is CCCNc1ncc(Br)c(NCC(C)c2nccs2)n1. The predicted molar refractivity (Wildman–Crippen MR) is 87.5 cm³/mol. The molecular weight excluding hydrogens is 338 g/mol. The van der Waals surface area contributed by atoms with Crippen LogP contribution in [-0.4, -0.2) is 28.0 Å². The zero-order chi connectivity index (χ0) is 14.4. The Morgan fingerprint density at radius 3 is 2.90 bits per heavy atom. The molecule has 0 spiro atoms. The monoisotopic (exact) mass is 355 g/mol. The van der Waals surface area contributed by atoms with Gasteiger partial charge in [-0.25, -0.2) is 9.97 Å².